The number of para-hydroxylation sites is 1. The van der Waals surface area contributed by atoms with Gasteiger partial charge in [0.05, 0.1) is 11.4 Å². The molecule has 1 nitrogen and oxygen atoms in total. The van der Waals surface area contributed by atoms with Gasteiger partial charge in [0.25, 0.3) is 0 Å². The van der Waals surface area contributed by atoms with Crippen molar-refractivity contribution in [1.29, 1.82) is 0 Å². The van der Waals surface area contributed by atoms with E-state index in [1.807, 2.05) is 0 Å². The van der Waals surface area contributed by atoms with E-state index >= 15 is 0 Å². The van der Waals surface area contributed by atoms with E-state index in [2.05, 4.69) is 88.4 Å². The Morgan fingerprint density at radius 3 is 2.34 bits per heavy atom. The third-order valence-corrected chi connectivity index (χ3v) is 7.15. The molecule has 2 unspecified atom stereocenters. The van der Waals surface area contributed by atoms with E-state index in [1.165, 1.54) is 57.5 Å². The van der Waals surface area contributed by atoms with Gasteiger partial charge in [0.2, 0.25) is 0 Å². The summed E-state index contributed by atoms with van der Waals surface area (Å²) < 4.78 is 0. The van der Waals surface area contributed by atoms with Gasteiger partial charge in [-0.05, 0) is 65.3 Å². The van der Waals surface area contributed by atoms with Crippen LogP contribution in [-0.4, -0.2) is 5.71 Å². The summed E-state index contributed by atoms with van der Waals surface area (Å²) >= 11 is 0. The van der Waals surface area contributed by atoms with Crippen molar-refractivity contribution in [3.8, 4) is 11.1 Å². The van der Waals surface area contributed by atoms with Crippen LogP contribution in [0, 0.1) is 6.92 Å². The number of fused-ring (bicyclic) bond motifs is 4. The van der Waals surface area contributed by atoms with E-state index in [0.717, 1.165) is 12.1 Å². The van der Waals surface area contributed by atoms with Crippen LogP contribution in [0.4, 0.5) is 5.69 Å². The van der Waals surface area contributed by atoms with Crippen molar-refractivity contribution >= 4 is 11.4 Å². The Bertz CT molecular complexity index is 1140. The number of rotatable bonds is 4. The summed E-state index contributed by atoms with van der Waals surface area (Å²) in [4.78, 5) is 5.03. The average Bonchev–Trinajstić information content (AvgIpc) is 3.21. The number of nitrogens with zero attached hydrogens (tertiary/aromatic N) is 1. The fraction of sp³-hybridized carbons (Fsp3) is 0.321. The number of hydrogen-bond acceptors (Lipinski definition) is 1. The van der Waals surface area contributed by atoms with Crippen molar-refractivity contribution < 1.29 is 0 Å². The molecule has 146 valence electrons. The lowest BCUT2D eigenvalue weighted by atomic mass is 9.72. The van der Waals surface area contributed by atoms with Crippen molar-refractivity contribution in [2.45, 2.75) is 58.3 Å². The summed E-state index contributed by atoms with van der Waals surface area (Å²) in [6, 6.07) is 22.7. The Balaban J connectivity index is 1.68. The molecule has 29 heavy (non-hydrogen) atoms. The molecule has 0 radical (unpaired) electrons. The molecule has 1 heteroatoms. The smallest absolute Gasteiger partial charge is 0.0672 e. The average molecular weight is 380 g/mol. The third-order valence-electron chi connectivity index (χ3n) is 7.15. The van der Waals surface area contributed by atoms with Crippen molar-refractivity contribution in [1.82, 2.24) is 0 Å². The highest BCUT2D eigenvalue weighted by molar-refractivity contribution is 6.10. The minimum atomic E-state index is 0.122. The maximum absolute atomic E-state index is 5.03. The summed E-state index contributed by atoms with van der Waals surface area (Å²) in [6.45, 7) is 9.17. The lowest BCUT2D eigenvalue weighted by Crippen LogP contribution is -2.24. The second-order valence-corrected chi connectivity index (χ2v) is 8.77. The van der Waals surface area contributed by atoms with Crippen molar-refractivity contribution in [3.05, 3.63) is 88.5 Å². The Labute approximate surface area is 174 Å². The quantitative estimate of drug-likeness (QED) is 0.440. The zero-order valence-corrected chi connectivity index (χ0v) is 17.9. The van der Waals surface area contributed by atoms with Gasteiger partial charge < -0.3 is 0 Å². The molecule has 0 saturated carbocycles. The fourth-order valence-corrected chi connectivity index (χ4v) is 5.67. The number of hydrogen-bond donors (Lipinski definition) is 0. The van der Waals surface area contributed by atoms with E-state index in [9.17, 15) is 0 Å². The van der Waals surface area contributed by atoms with Crippen LogP contribution in [0.15, 0.2) is 65.7 Å². The third kappa shape index (κ3) is 2.56. The zero-order chi connectivity index (χ0) is 20.2. The van der Waals surface area contributed by atoms with Gasteiger partial charge in [0.1, 0.15) is 0 Å². The van der Waals surface area contributed by atoms with E-state index in [4.69, 9.17) is 4.99 Å². The zero-order valence-electron chi connectivity index (χ0n) is 17.9. The van der Waals surface area contributed by atoms with Crippen molar-refractivity contribution in [2.75, 3.05) is 0 Å². The first-order valence-corrected chi connectivity index (χ1v) is 11.0. The molecular weight excluding hydrogens is 350 g/mol. The molecular formula is C28H29N. The van der Waals surface area contributed by atoms with Gasteiger partial charge in [0, 0.05) is 11.3 Å². The lowest BCUT2D eigenvalue weighted by molar-refractivity contribution is 0.460. The molecule has 0 amide bonds. The summed E-state index contributed by atoms with van der Waals surface area (Å²) in [5, 5.41) is 0. The highest BCUT2D eigenvalue weighted by Gasteiger charge is 2.41. The Morgan fingerprint density at radius 1 is 0.897 bits per heavy atom. The van der Waals surface area contributed by atoms with Crippen LogP contribution in [0.3, 0.4) is 0 Å². The maximum Gasteiger partial charge on any atom is 0.0672 e. The van der Waals surface area contributed by atoms with Gasteiger partial charge in [0.15, 0.2) is 0 Å². The standard InChI is InChI=1S/C28H29N/c1-5-15-28(6-2)24-16-18(3)11-13-22(24)23-14-12-20(17-25(23)28)27-19(4)21-9-7-8-10-26(21)29-27/h7-14,16-17,19H,5-6,15H2,1-4H3. The molecule has 0 N–H and O–H groups in total. The monoisotopic (exact) mass is 379 g/mol. The van der Waals surface area contributed by atoms with Crippen LogP contribution in [0.1, 0.15) is 73.8 Å². The molecule has 1 heterocycles. The topological polar surface area (TPSA) is 12.4 Å². The predicted molar refractivity (Wildman–Crippen MR) is 124 cm³/mol. The highest BCUT2D eigenvalue weighted by Crippen LogP contribution is 2.54. The number of benzene rings is 3. The van der Waals surface area contributed by atoms with Crippen molar-refractivity contribution in [2.24, 2.45) is 4.99 Å². The molecule has 0 saturated heterocycles. The molecule has 0 bridgehead atoms. The molecule has 5 rings (SSSR count). The van der Waals surface area contributed by atoms with Gasteiger partial charge in [-0.15, -0.1) is 0 Å². The van der Waals surface area contributed by atoms with E-state index in [-0.39, 0.29) is 5.41 Å². The van der Waals surface area contributed by atoms with Crippen LogP contribution in [0.2, 0.25) is 0 Å². The van der Waals surface area contributed by atoms with E-state index in [0.29, 0.717) is 5.92 Å². The molecule has 2 atom stereocenters. The normalized spacial score (nSPS) is 21.5. The number of aryl methyl sites for hydroxylation is 1. The Kier molecular flexibility index (Phi) is 4.24. The van der Waals surface area contributed by atoms with Crippen LogP contribution < -0.4 is 0 Å². The van der Waals surface area contributed by atoms with Crippen LogP contribution in [0.25, 0.3) is 11.1 Å². The minimum absolute atomic E-state index is 0.122. The summed E-state index contributed by atoms with van der Waals surface area (Å²) in [5.74, 6) is 0.345. The van der Waals surface area contributed by atoms with Crippen LogP contribution >= 0.6 is 0 Å². The van der Waals surface area contributed by atoms with Crippen LogP contribution in [-0.2, 0) is 5.41 Å². The molecule has 0 spiro atoms. The molecule has 1 aliphatic carbocycles. The Hall–Kier alpha value is -2.67. The van der Waals surface area contributed by atoms with Gasteiger partial charge in [-0.1, -0.05) is 81.3 Å². The van der Waals surface area contributed by atoms with Gasteiger partial charge in [-0.3, -0.25) is 4.99 Å². The van der Waals surface area contributed by atoms with E-state index < -0.39 is 0 Å². The summed E-state index contributed by atoms with van der Waals surface area (Å²) in [6.07, 6.45) is 3.52. The van der Waals surface area contributed by atoms with Gasteiger partial charge in [-0.25, -0.2) is 0 Å². The summed E-state index contributed by atoms with van der Waals surface area (Å²) in [7, 11) is 0. The van der Waals surface area contributed by atoms with E-state index in [1.54, 1.807) is 0 Å². The second kappa shape index (κ2) is 6.69. The van der Waals surface area contributed by atoms with Gasteiger partial charge >= 0.3 is 0 Å². The first-order chi connectivity index (χ1) is 14.1. The molecule has 3 aromatic carbocycles. The molecule has 0 fully saturated rings. The second-order valence-electron chi connectivity index (χ2n) is 8.77. The molecule has 3 aromatic rings. The maximum atomic E-state index is 5.03. The van der Waals surface area contributed by atoms with Crippen LogP contribution in [0.5, 0.6) is 0 Å². The fourth-order valence-electron chi connectivity index (χ4n) is 5.67. The minimum Gasteiger partial charge on any atom is -0.252 e. The van der Waals surface area contributed by atoms with Crippen molar-refractivity contribution in [3.63, 3.8) is 0 Å². The SMILES string of the molecule is CCCC1(CC)c2cc(C)ccc2-c2ccc(C3=Nc4ccccc4C3C)cc21. The highest BCUT2D eigenvalue weighted by atomic mass is 14.8. The molecule has 2 aliphatic rings. The first kappa shape index (κ1) is 18.4. The summed E-state index contributed by atoms with van der Waals surface area (Å²) in [5.41, 5.74) is 12.3. The largest absolute Gasteiger partial charge is 0.252 e. The lowest BCUT2D eigenvalue weighted by Gasteiger charge is -2.31. The number of aliphatic imine (C=N–C) groups is 1. The first-order valence-electron chi connectivity index (χ1n) is 11.0. The predicted octanol–water partition coefficient (Wildman–Crippen LogP) is 7.71. The van der Waals surface area contributed by atoms with Gasteiger partial charge in [-0.2, -0.15) is 0 Å². The molecule has 0 aromatic heterocycles. The Morgan fingerprint density at radius 2 is 1.62 bits per heavy atom. The molecule has 1 aliphatic heterocycles.